The zero-order chi connectivity index (χ0) is 13.4. The smallest absolute Gasteiger partial charge is 0.234 e. The van der Waals surface area contributed by atoms with Crippen molar-refractivity contribution in [1.29, 1.82) is 0 Å². The van der Waals surface area contributed by atoms with E-state index in [-0.39, 0.29) is 24.5 Å². The van der Waals surface area contributed by atoms with Gasteiger partial charge in [-0.15, -0.1) is 0 Å². The lowest BCUT2D eigenvalue weighted by Crippen LogP contribution is -2.41. The molecule has 0 aromatic carbocycles. The van der Waals surface area contributed by atoms with Crippen molar-refractivity contribution in [2.45, 2.75) is 25.9 Å². The van der Waals surface area contributed by atoms with Gasteiger partial charge in [0.25, 0.3) is 0 Å². The van der Waals surface area contributed by atoms with Crippen molar-refractivity contribution >= 4 is 5.91 Å². The van der Waals surface area contributed by atoms with Gasteiger partial charge in [0, 0.05) is 25.4 Å². The number of aromatic nitrogens is 1. The van der Waals surface area contributed by atoms with Crippen molar-refractivity contribution in [1.82, 2.24) is 15.6 Å². The molecule has 0 aliphatic rings. The van der Waals surface area contributed by atoms with Crippen molar-refractivity contribution in [2.75, 3.05) is 20.3 Å². The van der Waals surface area contributed by atoms with Gasteiger partial charge < -0.3 is 15.4 Å². The Morgan fingerprint density at radius 3 is 2.83 bits per heavy atom. The Balaban J connectivity index is 2.30. The van der Waals surface area contributed by atoms with Crippen molar-refractivity contribution < 1.29 is 9.53 Å². The van der Waals surface area contributed by atoms with E-state index in [0.717, 1.165) is 5.69 Å². The van der Waals surface area contributed by atoms with Crippen LogP contribution in [-0.4, -0.2) is 37.2 Å². The summed E-state index contributed by atoms with van der Waals surface area (Å²) in [6.07, 6.45) is 1.74. The van der Waals surface area contributed by atoms with Gasteiger partial charge in [-0.05, 0) is 26.0 Å². The summed E-state index contributed by atoms with van der Waals surface area (Å²) in [6.45, 7) is 4.67. The lowest BCUT2D eigenvalue weighted by molar-refractivity contribution is -0.121. The standard InChI is InChI=1S/C13H21N3O2/c1-10(9-18-3)16-13(17)8-15-11(2)12-6-4-5-7-14-12/h4-7,10-11,15H,8-9H2,1-3H3,(H,16,17)/t10?,11-/m1/s1. The first kappa shape index (κ1) is 14.6. The predicted molar refractivity (Wildman–Crippen MR) is 70.1 cm³/mol. The number of amides is 1. The fourth-order valence-corrected chi connectivity index (χ4v) is 1.60. The fraction of sp³-hybridized carbons (Fsp3) is 0.538. The molecule has 0 fully saturated rings. The van der Waals surface area contributed by atoms with Crippen LogP contribution < -0.4 is 10.6 Å². The van der Waals surface area contributed by atoms with Crippen LogP contribution in [0.15, 0.2) is 24.4 Å². The van der Waals surface area contributed by atoms with Gasteiger partial charge in [-0.1, -0.05) is 6.07 Å². The van der Waals surface area contributed by atoms with E-state index in [1.54, 1.807) is 13.3 Å². The van der Waals surface area contributed by atoms with Gasteiger partial charge in [-0.3, -0.25) is 9.78 Å². The molecule has 1 aromatic heterocycles. The predicted octanol–water partition coefficient (Wildman–Crippen LogP) is 0.883. The number of hydrogen-bond acceptors (Lipinski definition) is 4. The second-order valence-electron chi connectivity index (χ2n) is 4.28. The Morgan fingerprint density at radius 2 is 2.22 bits per heavy atom. The number of nitrogens with one attached hydrogen (secondary N) is 2. The first-order valence-corrected chi connectivity index (χ1v) is 6.06. The van der Waals surface area contributed by atoms with Gasteiger partial charge in [-0.2, -0.15) is 0 Å². The minimum atomic E-state index is -0.0395. The number of ether oxygens (including phenoxy) is 1. The van der Waals surface area contributed by atoms with Crippen LogP contribution >= 0.6 is 0 Å². The van der Waals surface area contributed by atoms with E-state index in [4.69, 9.17) is 4.74 Å². The molecule has 2 atom stereocenters. The maximum absolute atomic E-state index is 11.6. The van der Waals surface area contributed by atoms with E-state index >= 15 is 0 Å². The van der Waals surface area contributed by atoms with E-state index in [1.165, 1.54) is 0 Å². The van der Waals surface area contributed by atoms with Crippen LogP contribution in [0.25, 0.3) is 0 Å². The zero-order valence-electron chi connectivity index (χ0n) is 11.1. The van der Waals surface area contributed by atoms with Crippen LogP contribution in [0.5, 0.6) is 0 Å². The molecule has 1 amide bonds. The van der Waals surface area contributed by atoms with Gasteiger partial charge in [0.05, 0.1) is 18.8 Å². The van der Waals surface area contributed by atoms with E-state index < -0.39 is 0 Å². The molecule has 1 rings (SSSR count). The number of carbonyl (C=O) groups is 1. The number of hydrogen-bond donors (Lipinski definition) is 2. The summed E-state index contributed by atoms with van der Waals surface area (Å²) in [7, 11) is 1.62. The Hall–Kier alpha value is -1.46. The molecule has 0 radical (unpaired) electrons. The summed E-state index contributed by atoms with van der Waals surface area (Å²) in [5.41, 5.74) is 0.926. The van der Waals surface area contributed by atoms with Crippen molar-refractivity contribution in [2.24, 2.45) is 0 Å². The topological polar surface area (TPSA) is 63.2 Å². The number of nitrogens with zero attached hydrogens (tertiary/aromatic N) is 1. The average Bonchev–Trinajstić information content (AvgIpc) is 2.37. The van der Waals surface area contributed by atoms with Crippen LogP contribution in [-0.2, 0) is 9.53 Å². The minimum Gasteiger partial charge on any atom is -0.383 e. The second kappa shape index (κ2) is 7.79. The minimum absolute atomic E-state index is 0.0226. The molecule has 0 bridgehead atoms. The van der Waals surface area contributed by atoms with Crippen LogP contribution in [0.4, 0.5) is 0 Å². The summed E-state index contributed by atoms with van der Waals surface area (Å²) in [5, 5.41) is 5.97. The highest BCUT2D eigenvalue weighted by molar-refractivity contribution is 5.78. The normalized spacial score (nSPS) is 13.9. The van der Waals surface area contributed by atoms with Crippen molar-refractivity contribution in [3.63, 3.8) is 0 Å². The van der Waals surface area contributed by atoms with Crippen LogP contribution in [0.2, 0.25) is 0 Å². The molecule has 0 aliphatic carbocycles. The number of rotatable bonds is 7. The third-order valence-corrected chi connectivity index (χ3v) is 2.52. The van der Waals surface area contributed by atoms with Crippen molar-refractivity contribution in [3.05, 3.63) is 30.1 Å². The summed E-state index contributed by atoms with van der Waals surface area (Å²) >= 11 is 0. The van der Waals surface area contributed by atoms with Crippen LogP contribution in [0, 0.1) is 0 Å². The van der Waals surface area contributed by atoms with E-state index in [1.807, 2.05) is 32.0 Å². The molecule has 1 aromatic rings. The Kier molecular flexibility index (Phi) is 6.32. The maximum atomic E-state index is 11.6. The molecule has 0 spiro atoms. The Bertz CT molecular complexity index is 357. The van der Waals surface area contributed by atoms with E-state index in [2.05, 4.69) is 15.6 Å². The molecule has 5 heteroatoms. The molecule has 2 N–H and O–H groups in total. The highest BCUT2D eigenvalue weighted by Gasteiger charge is 2.10. The Labute approximate surface area is 108 Å². The molecule has 18 heavy (non-hydrogen) atoms. The van der Waals surface area contributed by atoms with Gasteiger partial charge >= 0.3 is 0 Å². The zero-order valence-corrected chi connectivity index (χ0v) is 11.1. The SMILES string of the molecule is COCC(C)NC(=O)CN[C@H](C)c1ccccn1. The third-order valence-electron chi connectivity index (χ3n) is 2.52. The molecule has 1 heterocycles. The maximum Gasteiger partial charge on any atom is 0.234 e. The number of methoxy groups -OCH3 is 1. The molecule has 0 saturated heterocycles. The monoisotopic (exact) mass is 251 g/mol. The van der Waals surface area contributed by atoms with Crippen LogP contribution in [0.1, 0.15) is 25.6 Å². The summed E-state index contributed by atoms with van der Waals surface area (Å²) < 4.78 is 4.95. The third kappa shape index (κ3) is 5.25. The first-order valence-electron chi connectivity index (χ1n) is 6.06. The van der Waals surface area contributed by atoms with Gasteiger partial charge in [0.15, 0.2) is 0 Å². The molecule has 5 nitrogen and oxygen atoms in total. The molecule has 1 unspecified atom stereocenters. The lowest BCUT2D eigenvalue weighted by atomic mass is 10.2. The van der Waals surface area contributed by atoms with Gasteiger partial charge in [-0.25, -0.2) is 0 Å². The Morgan fingerprint density at radius 1 is 1.44 bits per heavy atom. The summed E-state index contributed by atoms with van der Waals surface area (Å²) in [4.78, 5) is 15.8. The summed E-state index contributed by atoms with van der Waals surface area (Å²) in [6, 6.07) is 5.81. The average molecular weight is 251 g/mol. The fourth-order valence-electron chi connectivity index (χ4n) is 1.60. The van der Waals surface area contributed by atoms with E-state index in [9.17, 15) is 4.79 Å². The molecule has 0 saturated carbocycles. The molecule has 0 aliphatic heterocycles. The van der Waals surface area contributed by atoms with Gasteiger partial charge in [0.2, 0.25) is 5.91 Å². The lowest BCUT2D eigenvalue weighted by Gasteiger charge is -2.15. The number of carbonyl (C=O) groups excluding carboxylic acids is 1. The summed E-state index contributed by atoms with van der Waals surface area (Å²) in [5.74, 6) is -0.0395. The largest absolute Gasteiger partial charge is 0.383 e. The quantitative estimate of drug-likeness (QED) is 0.755. The first-order chi connectivity index (χ1) is 8.63. The molecular formula is C13H21N3O2. The van der Waals surface area contributed by atoms with Gasteiger partial charge in [0.1, 0.15) is 0 Å². The van der Waals surface area contributed by atoms with Crippen LogP contribution in [0.3, 0.4) is 0 Å². The van der Waals surface area contributed by atoms with E-state index in [0.29, 0.717) is 6.61 Å². The molecule has 100 valence electrons. The number of pyridine rings is 1. The second-order valence-corrected chi connectivity index (χ2v) is 4.28. The van der Waals surface area contributed by atoms with Crippen molar-refractivity contribution in [3.8, 4) is 0 Å². The highest BCUT2D eigenvalue weighted by atomic mass is 16.5. The highest BCUT2D eigenvalue weighted by Crippen LogP contribution is 2.06. The molecular weight excluding hydrogens is 230 g/mol.